The number of anilines is 1. The van der Waals surface area contributed by atoms with Crippen LogP contribution in [0.1, 0.15) is 29.5 Å². The van der Waals surface area contributed by atoms with Crippen molar-refractivity contribution in [2.75, 3.05) is 17.4 Å². The fourth-order valence-electron chi connectivity index (χ4n) is 4.31. The van der Waals surface area contributed by atoms with Crippen molar-refractivity contribution in [3.8, 4) is 0 Å². The Morgan fingerprint density at radius 2 is 1.59 bits per heavy atom. The Morgan fingerprint density at radius 3 is 2.25 bits per heavy atom. The molecule has 4 rings (SSSR count). The molecule has 0 atom stereocenters. The van der Waals surface area contributed by atoms with Crippen molar-refractivity contribution in [2.45, 2.75) is 44.2 Å². The third-order valence-corrected chi connectivity index (χ3v) is 7.95. The second kappa shape index (κ2) is 9.43. The zero-order valence-electron chi connectivity index (χ0n) is 18.5. The number of hydrogen-bond donors (Lipinski definition) is 0. The standard InChI is InChI=1S/C26H29FN2O2S/c1-20-10-12-23(13-11-20)29(32(30,31)25-8-5-6-21(2)18-25)24-14-16-28(17-15-24)19-22-7-3-4-9-26(22)27/h3-13,18,24H,14-17,19H2,1-2H3. The number of nitrogens with zero attached hydrogens (tertiary/aromatic N) is 2. The molecule has 0 amide bonds. The summed E-state index contributed by atoms with van der Waals surface area (Å²) >= 11 is 0. The molecule has 0 aromatic heterocycles. The SMILES string of the molecule is Cc1ccc(N(C2CCN(Cc3ccccc3F)CC2)S(=O)(=O)c2cccc(C)c2)cc1. The first-order valence-electron chi connectivity index (χ1n) is 11.0. The normalized spacial score (nSPS) is 15.6. The molecule has 1 fully saturated rings. The Hall–Kier alpha value is -2.70. The molecule has 0 aliphatic carbocycles. The Balaban J connectivity index is 1.59. The monoisotopic (exact) mass is 452 g/mol. The van der Waals surface area contributed by atoms with E-state index in [-0.39, 0.29) is 11.9 Å². The molecule has 1 aliphatic rings. The molecule has 3 aromatic rings. The van der Waals surface area contributed by atoms with Gasteiger partial charge in [0.05, 0.1) is 10.6 Å². The molecule has 0 bridgehead atoms. The third-order valence-electron chi connectivity index (χ3n) is 6.08. The van der Waals surface area contributed by atoms with E-state index in [1.807, 2.05) is 56.3 Å². The molecule has 1 aliphatic heterocycles. The number of hydrogen-bond acceptors (Lipinski definition) is 3. The van der Waals surface area contributed by atoms with Crippen molar-refractivity contribution < 1.29 is 12.8 Å². The van der Waals surface area contributed by atoms with Crippen molar-refractivity contribution in [1.82, 2.24) is 4.90 Å². The van der Waals surface area contributed by atoms with E-state index in [0.29, 0.717) is 48.6 Å². The minimum absolute atomic E-state index is 0.153. The number of halogens is 1. The highest BCUT2D eigenvalue weighted by molar-refractivity contribution is 7.92. The van der Waals surface area contributed by atoms with Gasteiger partial charge in [0.1, 0.15) is 5.82 Å². The zero-order valence-corrected chi connectivity index (χ0v) is 19.4. The van der Waals surface area contributed by atoms with Gasteiger partial charge >= 0.3 is 0 Å². The van der Waals surface area contributed by atoms with Crippen LogP contribution in [0, 0.1) is 19.7 Å². The van der Waals surface area contributed by atoms with Gasteiger partial charge in [0.25, 0.3) is 10.0 Å². The minimum atomic E-state index is -3.72. The second-order valence-corrected chi connectivity index (χ2v) is 10.4. The van der Waals surface area contributed by atoms with Crippen molar-refractivity contribution in [3.05, 3.63) is 95.3 Å². The van der Waals surface area contributed by atoms with Gasteiger partial charge in [-0.05, 0) is 62.6 Å². The lowest BCUT2D eigenvalue weighted by molar-refractivity contribution is 0.204. The summed E-state index contributed by atoms with van der Waals surface area (Å²) in [5.41, 5.74) is 3.36. The molecular weight excluding hydrogens is 423 g/mol. The van der Waals surface area contributed by atoms with Gasteiger partial charge in [-0.3, -0.25) is 9.21 Å². The number of sulfonamides is 1. The van der Waals surface area contributed by atoms with Gasteiger partial charge in [-0.2, -0.15) is 0 Å². The zero-order chi connectivity index (χ0) is 22.7. The number of likely N-dealkylation sites (tertiary alicyclic amines) is 1. The van der Waals surface area contributed by atoms with E-state index in [2.05, 4.69) is 4.90 Å². The largest absolute Gasteiger partial charge is 0.299 e. The van der Waals surface area contributed by atoms with E-state index in [0.717, 1.165) is 11.1 Å². The lowest BCUT2D eigenvalue weighted by atomic mass is 10.0. The summed E-state index contributed by atoms with van der Waals surface area (Å²) in [6.45, 7) is 5.85. The highest BCUT2D eigenvalue weighted by Gasteiger charge is 2.34. The van der Waals surface area contributed by atoms with Crippen LogP contribution in [0.5, 0.6) is 0 Å². The van der Waals surface area contributed by atoms with Crippen molar-refractivity contribution in [2.24, 2.45) is 0 Å². The van der Waals surface area contributed by atoms with E-state index in [9.17, 15) is 12.8 Å². The first kappa shape index (κ1) is 22.5. The van der Waals surface area contributed by atoms with Gasteiger partial charge in [-0.15, -0.1) is 0 Å². The van der Waals surface area contributed by atoms with Gasteiger partial charge in [0, 0.05) is 31.2 Å². The number of benzene rings is 3. The van der Waals surface area contributed by atoms with Crippen LogP contribution in [0.15, 0.2) is 77.7 Å². The van der Waals surface area contributed by atoms with Gasteiger partial charge in [0.15, 0.2) is 0 Å². The number of piperidine rings is 1. The average Bonchev–Trinajstić information content (AvgIpc) is 2.78. The summed E-state index contributed by atoms with van der Waals surface area (Å²) in [5, 5.41) is 0. The van der Waals surface area contributed by atoms with Crippen molar-refractivity contribution in [3.63, 3.8) is 0 Å². The Bertz CT molecular complexity index is 1170. The van der Waals surface area contributed by atoms with Crippen LogP contribution in [0.25, 0.3) is 0 Å². The second-order valence-electron chi connectivity index (χ2n) is 8.55. The lowest BCUT2D eigenvalue weighted by Gasteiger charge is -2.39. The fourth-order valence-corrected chi connectivity index (χ4v) is 6.12. The quantitative estimate of drug-likeness (QED) is 0.509. The van der Waals surface area contributed by atoms with Crippen LogP contribution in [-0.2, 0) is 16.6 Å². The molecule has 3 aromatic carbocycles. The summed E-state index contributed by atoms with van der Waals surface area (Å²) < 4.78 is 43.2. The average molecular weight is 453 g/mol. The maximum absolute atomic E-state index is 14.1. The maximum atomic E-state index is 14.1. The van der Waals surface area contributed by atoms with Gasteiger partial charge in [-0.25, -0.2) is 12.8 Å². The smallest absolute Gasteiger partial charge is 0.264 e. The Morgan fingerprint density at radius 1 is 0.906 bits per heavy atom. The lowest BCUT2D eigenvalue weighted by Crippen LogP contribution is -2.47. The summed E-state index contributed by atoms with van der Waals surface area (Å²) in [6.07, 6.45) is 1.38. The molecule has 0 unspecified atom stereocenters. The van der Waals surface area contributed by atoms with Gasteiger partial charge in [0.2, 0.25) is 0 Å². The van der Waals surface area contributed by atoms with E-state index >= 15 is 0 Å². The van der Waals surface area contributed by atoms with Crippen LogP contribution in [0.3, 0.4) is 0 Å². The number of aryl methyl sites for hydroxylation is 2. The first-order valence-corrected chi connectivity index (χ1v) is 12.4. The molecule has 32 heavy (non-hydrogen) atoms. The molecule has 6 heteroatoms. The topological polar surface area (TPSA) is 40.6 Å². The number of rotatable bonds is 6. The van der Waals surface area contributed by atoms with E-state index in [4.69, 9.17) is 0 Å². The highest BCUT2D eigenvalue weighted by atomic mass is 32.2. The van der Waals surface area contributed by atoms with Crippen LogP contribution in [-0.4, -0.2) is 32.4 Å². The Kier molecular flexibility index (Phi) is 6.63. The van der Waals surface area contributed by atoms with E-state index in [1.54, 1.807) is 28.6 Å². The Labute approximate surface area is 190 Å². The molecule has 168 valence electrons. The van der Waals surface area contributed by atoms with Crippen molar-refractivity contribution >= 4 is 15.7 Å². The van der Waals surface area contributed by atoms with Crippen LogP contribution in [0.2, 0.25) is 0 Å². The summed E-state index contributed by atoms with van der Waals surface area (Å²) in [7, 11) is -3.72. The predicted molar refractivity (Wildman–Crippen MR) is 127 cm³/mol. The van der Waals surface area contributed by atoms with Gasteiger partial charge in [-0.1, -0.05) is 48.0 Å². The highest BCUT2D eigenvalue weighted by Crippen LogP contribution is 2.31. The van der Waals surface area contributed by atoms with Crippen molar-refractivity contribution in [1.29, 1.82) is 0 Å². The fraction of sp³-hybridized carbons (Fsp3) is 0.308. The molecule has 4 nitrogen and oxygen atoms in total. The first-order chi connectivity index (χ1) is 15.3. The van der Waals surface area contributed by atoms with E-state index < -0.39 is 10.0 Å². The third kappa shape index (κ3) is 4.87. The van der Waals surface area contributed by atoms with Gasteiger partial charge < -0.3 is 0 Å². The van der Waals surface area contributed by atoms with Crippen LogP contribution >= 0.6 is 0 Å². The molecule has 1 saturated heterocycles. The van der Waals surface area contributed by atoms with Crippen LogP contribution in [0.4, 0.5) is 10.1 Å². The molecule has 1 heterocycles. The summed E-state index contributed by atoms with van der Waals surface area (Å²) in [4.78, 5) is 2.51. The summed E-state index contributed by atoms with van der Waals surface area (Å²) in [6, 6.07) is 21.4. The molecule has 0 radical (unpaired) electrons. The molecule has 0 N–H and O–H groups in total. The molecular formula is C26H29FN2O2S. The maximum Gasteiger partial charge on any atom is 0.264 e. The molecule has 0 spiro atoms. The summed E-state index contributed by atoms with van der Waals surface area (Å²) in [5.74, 6) is -0.196. The molecule has 0 saturated carbocycles. The predicted octanol–water partition coefficient (Wildman–Crippen LogP) is 5.30. The van der Waals surface area contributed by atoms with E-state index in [1.165, 1.54) is 6.07 Å². The minimum Gasteiger partial charge on any atom is -0.299 e. The van der Waals surface area contributed by atoms with Crippen LogP contribution < -0.4 is 4.31 Å².